The first-order chi connectivity index (χ1) is 9.02. The monoisotopic (exact) mass is 283 g/mol. The lowest BCUT2D eigenvalue weighted by molar-refractivity contribution is 0.0953. The van der Waals surface area contributed by atoms with Crippen molar-refractivity contribution >= 4 is 23.3 Å². The average Bonchev–Trinajstić information content (AvgIpc) is 2.36. The van der Waals surface area contributed by atoms with Crippen molar-refractivity contribution in [2.24, 2.45) is 5.92 Å². The van der Waals surface area contributed by atoms with Crippen molar-refractivity contribution in [3.05, 3.63) is 22.8 Å². The molecule has 0 spiro atoms. The van der Waals surface area contributed by atoms with Crippen LogP contribution in [0, 0.1) is 5.92 Å². The van der Waals surface area contributed by atoms with Gasteiger partial charge < -0.3 is 10.6 Å². The van der Waals surface area contributed by atoms with Crippen molar-refractivity contribution in [2.45, 2.75) is 33.1 Å². The second kappa shape index (κ2) is 8.00. The summed E-state index contributed by atoms with van der Waals surface area (Å²) in [5.41, 5.74) is 0.535. The Kier molecular flexibility index (Phi) is 6.64. The van der Waals surface area contributed by atoms with Crippen LogP contribution in [0.1, 0.15) is 43.5 Å². The first-order valence-corrected chi connectivity index (χ1v) is 7.04. The molecular formula is C14H22ClN3O. The molecule has 0 saturated heterocycles. The van der Waals surface area contributed by atoms with Gasteiger partial charge in [0.2, 0.25) is 0 Å². The summed E-state index contributed by atoms with van der Waals surface area (Å²) in [6.07, 6.45) is 3.33. The van der Waals surface area contributed by atoms with Gasteiger partial charge in [-0.3, -0.25) is 4.79 Å². The van der Waals surface area contributed by atoms with Crippen LogP contribution in [0.3, 0.4) is 0 Å². The van der Waals surface area contributed by atoms with Gasteiger partial charge in [-0.25, -0.2) is 4.98 Å². The molecule has 0 aliphatic rings. The van der Waals surface area contributed by atoms with Gasteiger partial charge in [-0.2, -0.15) is 0 Å². The molecule has 1 heterocycles. The topological polar surface area (TPSA) is 54.0 Å². The Balaban J connectivity index is 2.43. The summed E-state index contributed by atoms with van der Waals surface area (Å²) in [4.78, 5) is 16.0. The molecule has 1 amide bonds. The van der Waals surface area contributed by atoms with Gasteiger partial charge in [0.05, 0.1) is 0 Å². The molecular weight excluding hydrogens is 262 g/mol. The molecule has 0 aliphatic carbocycles. The van der Waals surface area contributed by atoms with Gasteiger partial charge in [0.15, 0.2) is 0 Å². The number of aromatic nitrogens is 1. The van der Waals surface area contributed by atoms with Crippen LogP contribution in [0.4, 0.5) is 5.82 Å². The summed E-state index contributed by atoms with van der Waals surface area (Å²) < 4.78 is 0. The molecule has 106 valence electrons. The van der Waals surface area contributed by atoms with E-state index in [1.807, 2.05) is 0 Å². The Bertz CT molecular complexity index is 421. The number of carbonyl (C=O) groups is 1. The number of carbonyl (C=O) groups excluding carboxylic acids is 1. The zero-order chi connectivity index (χ0) is 14.3. The van der Waals surface area contributed by atoms with E-state index in [1.54, 1.807) is 19.2 Å². The Morgan fingerprint density at radius 1 is 1.37 bits per heavy atom. The van der Waals surface area contributed by atoms with Crippen LogP contribution in [0.2, 0.25) is 5.15 Å². The highest BCUT2D eigenvalue weighted by molar-refractivity contribution is 6.29. The van der Waals surface area contributed by atoms with E-state index in [0.29, 0.717) is 29.0 Å². The largest absolute Gasteiger partial charge is 0.373 e. The average molecular weight is 284 g/mol. The second-order valence-electron chi connectivity index (χ2n) is 4.96. The van der Waals surface area contributed by atoms with Crippen molar-refractivity contribution in [2.75, 3.05) is 18.9 Å². The lowest BCUT2D eigenvalue weighted by Gasteiger charge is -2.08. The summed E-state index contributed by atoms with van der Waals surface area (Å²) in [6.45, 7) is 5.11. The van der Waals surface area contributed by atoms with E-state index in [2.05, 4.69) is 29.5 Å². The summed E-state index contributed by atoms with van der Waals surface area (Å²) >= 11 is 5.86. The molecule has 5 heteroatoms. The summed E-state index contributed by atoms with van der Waals surface area (Å²) in [5.74, 6) is 1.20. The maximum Gasteiger partial charge on any atom is 0.251 e. The van der Waals surface area contributed by atoms with E-state index >= 15 is 0 Å². The predicted molar refractivity (Wildman–Crippen MR) is 79.8 cm³/mol. The van der Waals surface area contributed by atoms with E-state index in [0.717, 1.165) is 12.8 Å². The van der Waals surface area contributed by atoms with Gasteiger partial charge in [-0.05, 0) is 24.5 Å². The molecule has 0 saturated carbocycles. The van der Waals surface area contributed by atoms with Crippen molar-refractivity contribution in [1.29, 1.82) is 0 Å². The fourth-order valence-electron chi connectivity index (χ4n) is 1.74. The van der Waals surface area contributed by atoms with Crippen LogP contribution in [0.25, 0.3) is 0 Å². The number of halogens is 1. The molecule has 0 aromatic carbocycles. The minimum atomic E-state index is -0.106. The Morgan fingerprint density at radius 3 is 2.74 bits per heavy atom. The van der Waals surface area contributed by atoms with Gasteiger partial charge in [0, 0.05) is 19.2 Å². The van der Waals surface area contributed by atoms with Crippen molar-refractivity contribution in [3.63, 3.8) is 0 Å². The Hall–Kier alpha value is -1.29. The van der Waals surface area contributed by atoms with E-state index in [4.69, 9.17) is 11.6 Å². The molecule has 2 N–H and O–H groups in total. The van der Waals surface area contributed by atoms with Gasteiger partial charge in [0.25, 0.3) is 5.91 Å². The molecule has 1 rings (SSSR count). The third kappa shape index (κ3) is 5.92. The van der Waals surface area contributed by atoms with Crippen LogP contribution in [0.15, 0.2) is 12.1 Å². The number of amides is 1. The van der Waals surface area contributed by atoms with Crippen molar-refractivity contribution < 1.29 is 4.79 Å². The summed E-state index contributed by atoms with van der Waals surface area (Å²) in [6, 6.07) is 3.27. The fraction of sp³-hybridized carbons (Fsp3) is 0.571. The first kappa shape index (κ1) is 15.8. The number of hydrogen-bond acceptors (Lipinski definition) is 3. The number of unbranched alkanes of at least 4 members (excludes halogenated alkanes) is 1. The highest BCUT2D eigenvalue weighted by Crippen LogP contribution is 2.14. The van der Waals surface area contributed by atoms with E-state index in [9.17, 15) is 4.79 Å². The number of anilines is 1. The zero-order valence-corrected chi connectivity index (χ0v) is 12.5. The molecule has 1 aromatic rings. The van der Waals surface area contributed by atoms with Crippen LogP contribution < -0.4 is 10.6 Å². The normalized spacial score (nSPS) is 10.6. The predicted octanol–water partition coefficient (Wildman–Crippen LogP) is 3.33. The number of pyridine rings is 1. The third-order valence-corrected chi connectivity index (χ3v) is 3.00. The lowest BCUT2D eigenvalue weighted by atomic mass is 10.1. The highest BCUT2D eigenvalue weighted by atomic mass is 35.5. The molecule has 0 radical (unpaired) electrons. The molecule has 0 unspecified atom stereocenters. The quantitative estimate of drug-likeness (QED) is 0.596. The van der Waals surface area contributed by atoms with Gasteiger partial charge in [-0.15, -0.1) is 0 Å². The molecule has 0 atom stereocenters. The maximum atomic E-state index is 11.9. The third-order valence-electron chi connectivity index (χ3n) is 2.81. The van der Waals surface area contributed by atoms with Gasteiger partial charge in [0.1, 0.15) is 11.0 Å². The maximum absolute atomic E-state index is 11.9. The smallest absolute Gasteiger partial charge is 0.251 e. The van der Waals surface area contributed by atoms with Crippen LogP contribution in [-0.4, -0.2) is 24.5 Å². The first-order valence-electron chi connectivity index (χ1n) is 6.66. The van der Waals surface area contributed by atoms with E-state index < -0.39 is 0 Å². The molecule has 19 heavy (non-hydrogen) atoms. The Morgan fingerprint density at radius 2 is 2.11 bits per heavy atom. The van der Waals surface area contributed by atoms with Crippen molar-refractivity contribution in [1.82, 2.24) is 10.3 Å². The fourth-order valence-corrected chi connectivity index (χ4v) is 1.95. The second-order valence-corrected chi connectivity index (χ2v) is 5.35. The van der Waals surface area contributed by atoms with Crippen molar-refractivity contribution in [3.8, 4) is 0 Å². The summed E-state index contributed by atoms with van der Waals surface area (Å²) in [7, 11) is 1.74. The number of nitrogens with one attached hydrogen (secondary N) is 2. The number of rotatable bonds is 7. The SMILES string of the molecule is CNc1cc(C(=O)NCCCCC(C)C)cc(Cl)n1. The molecule has 0 fully saturated rings. The zero-order valence-electron chi connectivity index (χ0n) is 11.8. The Labute approximate surface area is 120 Å². The molecule has 4 nitrogen and oxygen atoms in total. The van der Waals surface area contributed by atoms with Gasteiger partial charge in [-0.1, -0.05) is 38.3 Å². The standard InChI is InChI=1S/C14H22ClN3O/c1-10(2)6-4-5-7-17-14(19)11-8-12(15)18-13(9-11)16-3/h8-10H,4-7H2,1-3H3,(H,16,18)(H,17,19). The highest BCUT2D eigenvalue weighted by Gasteiger charge is 2.08. The van der Waals surface area contributed by atoms with E-state index in [-0.39, 0.29) is 5.91 Å². The lowest BCUT2D eigenvalue weighted by Crippen LogP contribution is -2.24. The molecule has 0 aliphatic heterocycles. The van der Waals surface area contributed by atoms with Gasteiger partial charge >= 0.3 is 0 Å². The molecule has 0 bridgehead atoms. The minimum absolute atomic E-state index is 0.106. The number of hydrogen-bond donors (Lipinski definition) is 2. The summed E-state index contributed by atoms with van der Waals surface area (Å²) in [5, 5.41) is 6.09. The van der Waals surface area contributed by atoms with Crippen LogP contribution in [0.5, 0.6) is 0 Å². The van der Waals surface area contributed by atoms with Crippen LogP contribution >= 0.6 is 11.6 Å². The number of nitrogens with zero attached hydrogens (tertiary/aromatic N) is 1. The van der Waals surface area contributed by atoms with Crippen LogP contribution in [-0.2, 0) is 0 Å². The molecule has 1 aromatic heterocycles. The van der Waals surface area contributed by atoms with E-state index in [1.165, 1.54) is 6.42 Å². The minimum Gasteiger partial charge on any atom is -0.373 e.